The van der Waals surface area contributed by atoms with Gasteiger partial charge in [-0.1, -0.05) is 35.9 Å². The maximum absolute atomic E-state index is 12.8. The molecule has 0 aliphatic carbocycles. The van der Waals surface area contributed by atoms with E-state index in [1.165, 1.54) is 22.1 Å². The van der Waals surface area contributed by atoms with Gasteiger partial charge in [0.15, 0.2) is 6.54 Å². The van der Waals surface area contributed by atoms with Crippen LogP contribution in [0, 0.1) is 10.1 Å². The number of benzene rings is 2. The van der Waals surface area contributed by atoms with Crippen LogP contribution in [0.4, 0.5) is 11.4 Å². The van der Waals surface area contributed by atoms with Gasteiger partial charge in [-0.15, -0.1) is 0 Å². The molecule has 0 radical (unpaired) electrons. The van der Waals surface area contributed by atoms with Crippen molar-refractivity contribution >= 4 is 28.9 Å². The van der Waals surface area contributed by atoms with Gasteiger partial charge in [0.1, 0.15) is 12.2 Å². The number of anilines is 1. The Kier molecular flexibility index (Phi) is 5.69. The highest BCUT2D eigenvalue weighted by atomic mass is 35.5. The quantitative estimate of drug-likeness (QED) is 0.607. The Morgan fingerprint density at radius 2 is 1.83 bits per heavy atom. The molecule has 1 saturated heterocycles. The lowest BCUT2D eigenvalue weighted by Gasteiger charge is -2.36. The van der Waals surface area contributed by atoms with E-state index in [0.29, 0.717) is 43.4 Å². The molecule has 0 spiro atoms. The van der Waals surface area contributed by atoms with E-state index in [1.54, 1.807) is 12.1 Å². The Hall–Kier alpha value is -2.64. The number of amides is 1. The van der Waals surface area contributed by atoms with Gasteiger partial charge in [0, 0.05) is 49.3 Å². The van der Waals surface area contributed by atoms with Gasteiger partial charge in [-0.2, -0.15) is 0 Å². The van der Waals surface area contributed by atoms with Crippen molar-refractivity contribution in [3.05, 3.63) is 68.7 Å². The highest BCUT2D eigenvalue weighted by Crippen LogP contribution is 2.31. The van der Waals surface area contributed by atoms with Crippen LogP contribution < -0.4 is 9.80 Å². The highest BCUT2D eigenvalue weighted by Gasteiger charge is 2.29. The summed E-state index contributed by atoms with van der Waals surface area (Å²) in [5.74, 6) is 0.157. The summed E-state index contributed by atoms with van der Waals surface area (Å²) in [4.78, 5) is 28.9. The minimum Gasteiger partial charge on any atom is -0.362 e. The SMILES string of the molecule is O=C(C[NH+]1CCc2ccccc2C1)N1CCN(c2ccc(Cl)cc2[N+](=O)[O-])CC1. The number of nitro groups is 1. The maximum Gasteiger partial charge on any atom is 0.294 e. The van der Waals surface area contributed by atoms with Crippen molar-refractivity contribution in [1.82, 2.24) is 4.90 Å². The topological polar surface area (TPSA) is 71.1 Å². The van der Waals surface area contributed by atoms with E-state index in [9.17, 15) is 14.9 Å². The first-order chi connectivity index (χ1) is 14.0. The fraction of sp³-hybridized carbons (Fsp3) is 0.381. The molecule has 0 aromatic heterocycles. The first kappa shape index (κ1) is 19.7. The summed E-state index contributed by atoms with van der Waals surface area (Å²) in [6, 6.07) is 13.2. The van der Waals surface area contributed by atoms with Crippen molar-refractivity contribution in [2.24, 2.45) is 0 Å². The molecule has 1 atom stereocenters. The second-order valence-corrected chi connectivity index (χ2v) is 8.07. The number of nitrogens with zero attached hydrogens (tertiary/aromatic N) is 3. The minimum atomic E-state index is -0.406. The van der Waals surface area contributed by atoms with E-state index in [-0.39, 0.29) is 11.6 Å². The second kappa shape index (κ2) is 8.39. The lowest BCUT2D eigenvalue weighted by atomic mass is 10.00. The lowest BCUT2D eigenvalue weighted by Crippen LogP contribution is -3.12. The lowest BCUT2D eigenvalue weighted by molar-refractivity contribution is -0.908. The molecule has 29 heavy (non-hydrogen) atoms. The molecule has 4 rings (SSSR count). The number of hydrogen-bond acceptors (Lipinski definition) is 4. The third-order valence-corrected chi connectivity index (χ3v) is 6.05. The molecule has 2 aromatic carbocycles. The summed E-state index contributed by atoms with van der Waals surface area (Å²) in [5.41, 5.74) is 3.29. The first-order valence-corrected chi connectivity index (χ1v) is 10.3. The molecule has 7 nitrogen and oxygen atoms in total. The van der Waals surface area contributed by atoms with E-state index < -0.39 is 4.92 Å². The van der Waals surface area contributed by atoms with Gasteiger partial charge in [-0.25, -0.2) is 0 Å². The van der Waals surface area contributed by atoms with Gasteiger partial charge in [0.05, 0.1) is 11.5 Å². The zero-order chi connectivity index (χ0) is 20.4. The average Bonchev–Trinajstić information content (AvgIpc) is 2.73. The Bertz CT molecular complexity index is 928. The predicted molar refractivity (Wildman–Crippen MR) is 111 cm³/mol. The molecular weight excluding hydrogens is 392 g/mol. The second-order valence-electron chi connectivity index (χ2n) is 7.63. The van der Waals surface area contributed by atoms with Gasteiger partial charge in [0.2, 0.25) is 0 Å². The number of carbonyl (C=O) groups excluding carboxylic acids is 1. The van der Waals surface area contributed by atoms with Gasteiger partial charge in [-0.3, -0.25) is 14.9 Å². The molecule has 2 aromatic rings. The number of fused-ring (bicyclic) bond motifs is 1. The van der Waals surface area contributed by atoms with Crippen molar-refractivity contribution < 1.29 is 14.6 Å². The van der Waals surface area contributed by atoms with Crippen LogP contribution in [-0.2, 0) is 17.8 Å². The van der Waals surface area contributed by atoms with Crippen LogP contribution in [-0.4, -0.2) is 55.0 Å². The summed E-state index contributed by atoms with van der Waals surface area (Å²) >= 11 is 5.91. The van der Waals surface area contributed by atoms with Crippen LogP contribution >= 0.6 is 11.6 Å². The molecule has 0 saturated carbocycles. The number of quaternary nitrogens is 1. The van der Waals surface area contributed by atoms with Crippen LogP contribution in [0.1, 0.15) is 11.1 Å². The molecule has 1 unspecified atom stereocenters. The number of carbonyl (C=O) groups is 1. The Balaban J connectivity index is 1.34. The molecular formula is C21H24ClN4O3+. The average molecular weight is 416 g/mol. The molecule has 1 fully saturated rings. The summed E-state index contributed by atoms with van der Waals surface area (Å²) < 4.78 is 0. The summed E-state index contributed by atoms with van der Waals surface area (Å²) in [7, 11) is 0. The third kappa shape index (κ3) is 4.36. The van der Waals surface area contributed by atoms with Crippen LogP contribution in [0.5, 0.6) is 0 Å². The molecule has 1 N–H and O–H groups in total. The van der Waals surface area contributed by atoms with Crippen molar-refractivity contribution in [3.63, 3.8) is 0 Å². The fourth-order valence-corrected chi connectivity index (χ4v) is 4.39. The number of nitrogens with one attached hydrogen (secondary N) is 1. The van der Waals surface area contributed by atoms with Crippen LogP contribution in [0.25, 0.3) is 0 Å². The summed E-state index contributed by atoms with van der Waals surface area (Å²) in [6.45, 7) is 4.65. The van der Waals surface area contributed by atoms with E-state index in [0.717, 1.165) is 19.5 Å². The Morgan fingerprint density at radius 1 is 1.10 bits per heavy atom. The molecule has 2 aliphatic rings. The van der Waals surface area contributed by atoms with Crippen molar-refractivity contribution in [3.8, 4) is 0 Å². The predicted octanol–water partition coefficient (Wildman–Crippen LogP) is 1.54. The largest absolute Gasteiger partial charge is 0.362 e. The van der Waals surface area contributed by atoms with Crippen LogP contribution in [0.3, 0.4) is 0 Å². The van der Waals surface area contributed by atoms with Crippen molar-refractivity contribution in [1.29, 1.82) is 0 Å². The highest BCUT2D eigenvalue weighted by molar-refractivity contribution is 6.30. The molecule has 1 amide bonds. The number of halogens is 1. The zero-order valence-corrected chi connectivity index (χ0v) is 16.9. The molecule has 8 heteroatoms. The van der Waals surface area contributed by atoms with Gasteiger partial charge < -0.3 is 14.7 Å². The smallest absolute Gasteiger partial charge is 0.294 e. The first-order valence-electron chi connectivity index (χ1n) is 9.88. The zero-order valence-electron chi connectivity index (χ0n) is 16.1. The van der Waals surface area contributed by atoms with E-state index in [1.807, 2.05) is 9.80 Å². The van der Waals surface area contributed by atoms with Crippen molar-refractivity contribution in [2.75, 3.05) is 44.2 Å². The maximum atomic E-state index is 12.8. The Morgan fingerprint density at radius 3 is 2.55 bits per heavy atom. The van der Waals surface area contributed by atoms with Gasteiger partial charge in [0.25, 0.3) is 11.6 Å². The van der Waals surface area contributed by atoms with E-state index in [2.05, 4.69) is 24.3 Å². The third-order valence-electron chi connectivity index (χ3n) is 5.82. The van der Waals surface area contributed by atoms with E-state index >= 15 is 0 Å². The summed E-state index contributed by atoms with van der Waals surface area (Å²) in [5, 5.41) is 11.7. The molecule has 2 aliphatic heterocycles. The standard InChI is InChI=1S/C21H23ClN4O3/c22-18-5-6-19(20(13-18)26(28)29)24-9-11-25(12-10-24)21(27)15-23-8-7-16-3-1-2-4-17(16)14-23/h1-6,13H,7-12,14-15H2/p+1. The number of rotatable bonds is 4. The monoisotopic (exact) mass is 415 g/mol. The molecule has 152 valence electrons. The van der Waals surface area contributed by atoms with E-state index in [4.69, 9.17) is 11.6 Å². The Labute approximate surface area is 174 Å². The number of hydrogen-bond donors (Lipinski definition) is 1. The number of nitro benzene ring substituents is 1. The molecule has 0 bridgehead atoms. The molecule has 2 heterocycles. The minimum absolute atomic E-state index is 0.00806. The fourth-order valence-electron chi connectivity index (χ4n) is 4.23. The van der Waals surface area contributed by atoms with Crippen LogP contribution in [0.2, 0.25) is 5.02 Å². The van der Waals surface area contributed by atoms with Gasteiger partial charge >= 0.3 is 0 Å². The number of piperazine rings is 1. The summed E-state index contributed by atoms with van der Waals surface area (Å²) in [6.07, 6.45) is 1.01. The van der Waals surface area contributed by atoms with Crippen LogP contribution in [0.15, 0.2) is 42.5 Å². The normalized spacial score (nSPS) is 19.0. The van der Waals surface area contributed by atoms with Crippen molar-refractivity contribution in [2.45, 2.75) is 13.0 Å². The van der Waals surface area contributed by atoms with Gasteiger partial charge in [-0.05, 0) is 17.7 Å².